The summed E-state index contributed by atoms with van der Waals surface area (Å²) in [5.74, 6) is -1.33. The van der Waals surface area contributed by atoms with Crippen LogP contribution in [0.15, 0.2) is 30.4 Å². The molecule has 6 nitrogen and oxygen atoms in total. The Hall–Kier alpha value is -2.21. The number of nitro benzene ring substituents is 1. The summed E-state index contributed by atoms with van der Waals surface area (Å²) < 4.78 is 0. The van der Waals surface area contributed by atoms with E-state index in [9.17, 15) is 19.7 Å². The lowest BCUT2D eigenvalue weighted by atomic mass is 9.63. The van der Waals surface area contributed by atoms with Crippen molar-refractivity contribution in [1.29, 1.82) is 0 Å². The minimum Gasteiger partial charge on any atom is -0.274 e. The molecule has 1 aromatic rings. The second kappa shape index (κ2) is 4.89. The Balaban J connectivity index is 1.81. The number of fused-ring (bicyclic) bond motifs is 1. The quantitative estimate of drug-likeness (QED) is 0.361. The summed E-state index contributed by atoms with van der Waals surface area (Å²) in [7, 11) is 0. The number of benzene rings is 1. The fourth-order valence-electron chi connectivity index (χ4n) is 4.14. The fraction of sp³-hybridized carbons (Fsp3) is 0.375. The molecule has 0 radical (unpaired) electrons. The summed E-state index contributed by atoms with van der Waals surface area (Å²) in [5, 5.41) is 11.5. The van der Waals surface area contributed by atoms with Crippen LogP contribution < -0.4 is 4.90 Å². The van der Waals surface area contributed by atoms with Crippen molar-refractivity contribution >= 4 is 34.8 Å². The van der Waals surface area contributed by atoms with Gasteiger partial charge in [-0.2, -0.15) is 0 Å². The molecule has 4 atom stereocenters. The molecule has 1 saturated carbocycles. The van der Waals surface area contributed by atoms with Gasteiger partial charge in [-0.05, 0) is 36.8 Å². The number of anilines is 1. The van der Waals surface area contributed by atoms with Gasteiger partial charge in [0, 0.05) is 11.1 Å². The van der Waals surface area contributed by atoms with Crippen molar-refractivity contribution in [2.45, 2.75) is 12.8 Å². The molecule has 23 heavy (non-hydrogen) atoms. The second-order valence-corrected chi connectivity index (χ2v) is 6.68. The maximum Gasteiger partial charge on any atom is 0.294 e. The number of allylic oxidation sites excluding steroid dienone is 2. The lowest BCUT2D eigenvalue weighted by Gasteiger charge is -2.38. The largest absolute Gasteiger partial charge is 0.294 e. The molecule has 2 fully saturated rings. The van der Waals surface area contributed by atoms with Crippen molar-refractivity contribution in [3.8, 4) is 0 Å². The Morgan fingerprint density at radius 1 is 1.09 bits per heavy atom. The predicted molar refractivity (Wildman–Crippen MR) is 82.9 cm³/mol. The molecule has 118 valence electrons. The summed E-state index contributed by atoms with van der Waals surface area (Å²) in [5.41, 5.74) is -0.304. The Morgan fingerprint density at radius 3 is 2.13 bits per heavy atom. The number of hydrogen-bond acceptors (Lipinski definition) is 4. The average Bonchev–Trinajstić information content (AvgIpc) is 2.82. The topological polar surface area (TPSA) is 80.5 Å². The van der Waals surface area contributed by atoms with Gasteiger partial charge in [0.1, 0.15) is 5.69 Å². The number of amides is 2. The molecular formula is C16H13ClN2O4. The van der Waals surface area contributed by atoms with Crippen LogP contribution in [0.3, 0.4) is 0 Å². The van der Waals surface area contributed by atoms with Gasteiger partial charge in [-0.3, -0.25) is 19.7 Å². The van der Waals surface area contributed by atoms with E-state index in [-0.39, 0.29) is 51.9 Å². The van der Waals surface area contributed by atoms with Crippen molar-refractivity contribution in [2.75, 3.05) is 4.90 Å². The van der Waals surface area contributed by atoms with Crippen LogP contribution in [0.2, 0.25) is 5.02 Å². The Labute approximate surface area is 136 Å². The molecule has 3 aliphatic carbocycles. The number of nitrogens with zero attached hydrogens (tertiary/aromatic N) is 2. The first-order chi connectivity index (χ1) is 11.0. The molecule has 4 aliphatic rings. The molecular weight excluding hydrogens is 320 g/mol. The third kappa shape index (κ3) is 1.94. The molecule has 1 heterocycles. The molecule has 0 N–H and O–H groups in total. The molecule has 5 rings (SSSR count). The SMILES string of the molecule is O=C1[C@@H]2[C@H](C(=O)N1c1ccc(Cl)cc1[N+](=O)[O-])[C@@H]1C=C[C@H]2CC1. The van der Waals surface area contributed by atoms with E-state index < -0.39 is 4.92 Å². The summed E-state index contributed by atoms with van der Waals surface area (Å²) in [6, 6.07) is 4.01. The molecule has 7 heteroatoms. The number of nitro groups is 1. The van der Waals surface area contributed by atoms with Gasteiger partial charge in [0.25, 0.3) is 5.69 Å². The lowest BCUT2D eigenvalue weighted by Crippen LogP contribution is -2.38. The Morgan fingerprint density at radius 2 is 1.65 bits per heavy atom. The van der Waals surface area contributed by atoms with E-state index in [1.807, 2.05) is 12.2 Å². The van der Waals surface area contributed by atoms with E-state index in [0.717, 1.165) is 17.7 Å². The first kappa shape index (κ1) is 14.4. The van der Waals surface area contributed by atoms with Crippen LogP contribution >= 0.6 is 11.6 Å². The van der Waals surface area contributed by atoms with Crippen molar-refractivity contribution in [2.24, 2.45) is 23.7 Å². The molecule has 1 aromatic carbocycles. The third-order valence-electron chi connectivity index (χ3n) is 5.13. The van der Waals surface area contributed by atoms with Gasteiger partial charge in [-0.25, -0.2) is 4.90 Å². The van der Waals surface area contributed by atoms with Gasteiger partial charge < -0.3 is 0 Å². The molecule has 1 saturated heterocycles. The number of carbonyl (C=O) groups excluding carboxylic acids is 2. The molecule has 0 unspecified atom stereocenters. The standard InChI is InChI=1S/C16H13ClN2O4/c17-10-5-6-11(12(7-10)19(22)23)18-15(20)13-8-1-2-9(4-3-8)14(13)16(18)21/h1-2,5-9,13-14H,3-4H2/t8-,9+,13-,14+. The van der Waals surface area contributed by atoms with E-state index >= 15 is 0 Å². The van der Waals surface area contributed by atoms with Crippen LogP contribution in [0.4, 0.5) is 11.4 Å². The summed E-state index contributed by atoms with van der Waals surface area (Å²) >= 11 is 5.82. The highest BCUT2D eigenvalue weighted by molar-refractivity contribution is 6.31. The van der Waals surface area contributed by atoms with Gasteiger partial charge in [0.15, 0.2) is 0 Å². The number of halogens is 1. The zero-order valence-corrected chi connectivity index (χ0v) is 12.8. The maximum atomic E-state index is 12.8. The normalized spacial score (nSPS) is 31.6. The van der Waals surface area contributed by atoms with Crippen molar-refractivity contribution < 1.29 is 14.5 Å². The molecule has 0 spiro atoms. The molecule has 2 amide bonds. The number of hydrogen-bond donors (Lipinski definition) is 0. The minimum absolute atomic E-state index is 0.0169. The first-order valence-corrected chi connectivity index (χ1v) is 7.87. The molecule has 0 aromatic heterocycles. The predicted octanol–water partition coefficient (Wildman–Crippen LogP) is 2.95. The highest BCUT2D eigenvalue weighted by atomic mass is 35.5. The monoisotopic (exact) mass is 332 g/mol. The van der Waals surface area contributed by atoms with Crippen LogP contribution in [0.1, 0.15) is 12.8 Å². The van der Waals surface area contributed by atoms with Gasteiger partial charge in [0.2, 0.25) is 11.8 Å². The van der Waals surface area contributed by atoms with Gasteiger partial charge in [0.05, 0.1) is 16.8 Å². The van der Waals surface area contributed by atoms with Crippen molar-refractivity contribution in [3.05, 3.63) is 45.5 Å². The fourth-order valence-corrected chi connectivity index (χ4v) is 4.31. The van der Waals surface area contributed by atoms with Crippen LogP contribution in [0.5, 0.6) is 0 Å². The number of rotatable bonds is 2. The van der Waals surface area contributed by atoms with Crippen LogP contribution in [-0.2, 0) is 9.59 Å². The highest BCUT2D eigenvalue weighted by Gasteiger charge is 2.57. The molecule has 1 aliphatic heterocycles. The second-order valence-electron chi connectivity index (χ2n) is 6.24. The summed E-state index contributed by atoms with van der Waals surface area (Å²) in [4.78, 5) is 37.3. The Bertz CT molecular complexity index is 743. The van der Waals surface area contributed by atoms with Gasteiger partial charge >= 0.3 is 0 Å². The smallest absolute Gasteiger partial charge is 0.274 e. The van der Waals surface area contributed by atoms with Crippen molar-refractivity contribution in [1.82, 2.24) is 0 Å². The number of imide groups is 1. The van der Waals surface area contributed by atoms with E-state index in [1.54, 1.807) is 0 Å². The van der Waals surface area contributed by atoms with Crippen LogP contribution in [0.25, 0.3) is 0 Å². The highest BCUT2D eigenvalue weighted by Crippen LogP contribution is 2.51. The average molecular weight is 333 g/mol. The van der Waals surface area contributed by atoms with E-state index in [0.29, 0.717) is 0 Å². The van der Waals surface area contributed by atoms with Crippen molar-refractivity contribution in [3.63, 3.8) is 0 Å². The van der Waals surface area contributed by atoms with E-state index in [1.165, 1.54) is 18.2 Å². The number of carbonyl (C=O) groups is 2. The summed E-state index contributed by atoms with van der Waals surface area (Å²) in [6.07, 6.45) is 5.80. The van der Waals surface area contributed by atoms with Crippen LogP contribution in [0, 0.1) is 33.8 Å². The maximum absolute atomic E-state index is 12.8. The first-order valence-electron chi connectivity index (χ1n) is 7.49. The zero-order valence-electron chi connectivity index (χ0n) is 12.0. The summed E-state index contributed by atoms with van der Waals surface area (Å²) in [6.45, 7) is 0. The van der Waals surface area contributed by atoms with Gasteiger partial charge in [-0.1, -0.05) is 23.8 Å². The third-order valence-corrected chi connectivity index (χ3v) is 5.37. The van der Waals surface area contributed by atoms with E-state index in [2.05, 4.69) is 0 Å². The van der Waals surface area contributed by atoms with Crippen LogP contribution in [-0.4, -0.2) is 16.7 Å². The minimum atomic E-state index is -0.614. The Kier molecular flexibility index (Phi) is 3.06. The molecule has 2 bridgehead atoms. The van der Waals surface area contributed by atoms with E-state index in [4.69, 9.17) is 11.6 Å². The lowest BCUT2D eigenvalue weighted by molar-refractivity contribution is -0.384. The zero-order chi connectivity index (χ0) is 16.3. The van der Waals surface area contributed by atoms with Gasteiger partial charge in [-0.15, -0.1) is 0 Å².